The van der Waals surface area contributed by atoms with Crippen LogP contribution in [0.5, 0.6) is 0 Å². The largest absolute Gasteiger partial charge is 1.00 e. The fourth-order valence-corrected chi connectivity index (χ4v) is 2.25. The summed E-state index contributed by atoms with van der Waals surface area (Å²) in [6, 6.07) is 13.2. The van der Waals surface area contributed by atoms with Crippen molar-refractivity contribution >= 4 is 55.8 Å². The van der Waals surface area contributed by atoms with Gasteiger partial charge in [0.15, 0.2) is 0 Å². The van der Waals surface area contributed by atoms with Gasteiger partial charge in [0.1, 0.15) is 18.0 Å². The van der Waals surface area contributed by atoms with Gasteiger partial charge in [-0.3, -0.25) is 14.4 Å². The molecule has 0 aliphatic rings. The molecule has 2 rings (SSSR count). The number of halogens is 3. The molecule has 0 aromatic heterocycles. The number of nitrogens with two attached hydrogens (primary N) is 3. The first-order valence-corrected chi connectivity index (χ1v) is 9.92. The smallest absolute Gasteiger partial charge is 1.00 e. The Kier molecular flexibility index (Phi) is 32.0. The predicted molar refractivity (Wildman–Crippen MR) is 122 cm³/mol. The maximum Gasteiger partial charge on any atom is 1.00 e. The molecule has 178 valence electrons. The molecule has 7 N–H and O–H groups in total. The van der Waals surface area contributed by atoms with Crippen molar-refractivity contribution in [3.05, 3.63) is 62.3 Å². The van der Waals surface area contributed by atoms with Crippen molar-refractivity contribution in [2.75, 3.05) is 18.4 Å². The molecule has 0 fully saturated rings. The van der Waals surface area contributed by atoms with Crippen LogP contribution in [0.3, 0.4) is 0 Å². The molecule has 0 heterocycles. The van der Waals surface area contributed by atoms with Crippen molar-refractivity contribution in [3.8, 4) is 12.1 Å². The van der Waals surface area contributed by atoms with Crippen molar-refractivity contribution in [1.29, 1.82) is 10.5 Å². The molecule has 0 bridgehead atoms. The van der Waals surface area contributed by atoms with Crippen LogP contribution < -0.4 is 131 Å². The Balaban J connectivity index is -0.000000129. The van der Waals surface area contributed by atoms with Crippen molar-refractivity contribution in [2.24, 2.45) is 17.2 Å². The van der Waals surface area contributed by atoms with Gasteiger partial charge in [-0.2, -0.15) is 10.5 Å². The summed E-state index contributed by atoms with van der Waals surface area (Å²) in [6.45, 7) is -0.212. The van der Waals surface area contributed by atoms with E-state index in [9.17, 15) is 14.0 Å². The van der Waals surface area contributed by atoms with E-state index in [0.29, 0.717) is 15.7 Å². The molecule has 0 unspecified atom stereocenters. The Labute approximate surface area is 304 Å². The maximum atomic E-state index is 12.5. The number of nitrogens with zero attached hydrogens (tertiary/aromatic N) is 2. The average molecular weight is 668 g/mol. The second kappa shape index (κ2) is 26.8. The van der Waals surface area contributed by atoms with E-state index in [-0.39, 0.29) is 129 Å². The summed E-state index contributed by atoms with van der Waals surface area (Å²) >= 11 is 6.37. The average Bonchev–Trinajstić information content (AvgIpc) is 2.80. The summed E-state index contributed by atoms with van der Waals surface area (Å²) in [5, 5.41) is 28.3. The van der Waals surface area contributed by atoms with E-state index in [2.05, 4.69) is 47.8 Å². The Morgan fingerprint density at radius 3 is 1.83 bits per heavy atom. The molecule has 11 nitrogen and oxygen atoms in total. The zero-order valence-electron chi connectivity index (χ0n) is 19.8. The minimum Gasteiger partial charge on any atom is -1.00 e. The number of carbonyl (C=O) groups excluding carboxylic acids is 3. The SMILES string of the molecule is N#Cc1cc(Br)ccc1F.N#Cc1cc(Br)ccc1NCC(N)=O.NCC(N)=O.O=CO[O-].[H-].[K+].[K+]. The second-order valence-corrected chi connectivity index (χ2v) is 7.05. The quantitative estimate of drug-likeness (QED) is 0.103. The minimum atomic E-state index is -0.481. The molecule has 0 spiro atoms. The number of nitrogens with one attached hydrogen (secondary N) is 1. The fraction of sp³-hybridized carbons (Fsp3) is 0.105. The van der Waals surface area contributed by atoms with E-state index in [1.165, 1.54) is 12.1 Å². The van der Waals surface area contributed by atoms with Crippen LogP contribution in [-0.2, 0) is 19.3 Å². The molecule has 0 aliphatic carbocycles. The maximum absolute atomic E-state index is 12.5. The first-order chi connectivity index (χ1) is 15.6. The van der Waals surface area contributed by atoms with Crippen LogP contribution in [0.15, 0.2) is 45.3 Å². The van der Waals surface area contributed by atoms with Gasteiger partial charge in [0, 0.05) is 8.95 Å². The monoisotopic (exact) mass is 666 g/mol. The summed E-state index contributed by atoms with van der Waals surface area (Å²) in [6.07, 6.45) is 0. The standard InChI is InChI=1S/C9H8BrN3O.C7H3BrFN.C2H6N2O.CH2O3.2K.H/c10-7-1-2-8(6(3-7)4-11)13-5-9(12)14;8-6-1-2-7(9)5(3-6)4-10;3-1-2(4)5;2-1-4-3;;;/h1-3,13H,5H2,(H2,12,14);1-3H;1,3H2,(H2,4,5);1,3H;;;/q;;;;2*+1;-1/p-1. The number of rotatable bonds is 5. The number of hydrogen-bond donors (Lipinski definition) is 4. The number of carbonyl (C=O) groups is 3. The molecular formula is C19H19Br2FK2N6O5. The summed E-state index contributed by atoms with van der Waals surface area (Å²) in [5.74, 6) is -1.41. The number of benzene rings is 2. The Hall–Kier alpha value is -0.287. The topological polar surface area (TPSA) is 221 Å². The van der Waals surface area contributed by atoms with Gasteiger partial charge in [-0.1, -0.05) is 31.9 Å². The van der Waals surface area contributed by atoms with E-state index in [0.717, 1.165) is 4.47 Å². The molecular weight excluding hydrogens is 649 g/mol. The Morgan fingerprint density at radius 1 is 1.06 bits per heavy atom. The fourth-order valence-electron chi connectivity index (χ4n) is 1.53. The Morgan fingerprint density at radius 2 is 1.49 bits per heavy atom. The zero-order valence-corrected chi connectivity index (χ0v) is 28.2. The summed E-state index contributed by atoms with van der Waals surface area (Å²) < 4.78 is 14.1. The molecule has 0 saturated heterocycles. The van der Waals surface area contributed by atoms with Crippen molar-refractivity contribution in [1.82, 2.24) is 0 Å². The molecule has 2 aromatic carbocycles. The summed E-state index contributed by atoms with van der Waals surface area (Å²) in [7, 11) is 0. The number of primary amides is 2. The molecule has 16 heteroatoms. The first kappa shape index (κ1) is 41.8. The normalized spacial score (nSPS) is 7.86. The van der Waals surface area contributed by atoms with Gasteiger partial charge in [0.2, 0.25) is 11.8 Å². The summed E-state index contributed by atoms with van der Waals surface area (Å²) in [5.41, 5.74) is 15.3. The second-order valence-electron chi connectivity index (χ2n) is 5.22. The predicted octanol–water partition coefficient (Wildman–Crippen LogP) is -5.34. The van der Waals surface area contributed by atoms with E-state index < -0.39 is 17.6 Å². The van der Waals surface area contributed by atoms with Crippen molar-refractivity contribution in [3.63, 3.8) is 0 Å². The van der Waals surface area contributed by atoms with Gasteiger partial charge < -0.3 is 34.1 Å². The van der Waals surface area contributed by atoms with Gasteiger partial charge in [-0.15, -0.1) is 0 Å². The number of hydrogen-bond acceptors (Lipinski definition) is 9. The third-order valence-corrected chi connectivity index (χ3v) is 3.83. The van der Waals surface area contributed by atoms with Crippen LogP contribution in [0.1, 0.15) is 12.6 Å². The van der Waals surface area contributed by atoms with Gasteiger partial charge in [-0.05, 0) is 36.4 Å². The van der Waals surface area contributed by atoms with Crippen LogP contribution in [0.2, 0.25) is 0 Å². The molecule has 35 heavy (non-hydrogen) atoms. The minimum absolute atomic E-state index is 0. The molecule has 0 saturated carbocycles. The molecule has 0 aliphatic heterocycles. The van der Waals surface area contributed by atoms with E-state index in [1.54, 1.807) is 30.3 Å². The number of anilines is 1. The van der Waals surface area contributed by atoms with Crippen molar-refractivity contribution < 1.29 is 133 Å². The Bertz CT molecular complexity index is 1030. The van der Waals surface area contributed by atoms with E-state index in [1.807, 2.05) is 6.07 Å². The first-order valence-electron chi connectivity index (χ1n) is 8.33. The van der Waals surface area contributed by atoms with E-state index >= 15 is 0 Å². The van der Waals surface area contributed by atoms with Crippen LogP contribution in [0.25, 0.3) is 0 Å². The summed E-state index contributed by atoms with van der Waals surface area (Å²) in [4.78, 5) is 31.2. The van der Waals surface area contributed by atoms with Crippen LogP contribution in [-0.4, -0.2) is 31.4 Å². The zero-order chi connectivity index (χ0) is 25.8. The third kappa shape index (κ3) is 23.8. The van der Waals surface area contributed by atoms with Gasteiger partial charge in [0.05, 0.1) is 29.9 Å². The molecule has 0 radical (unpaired) electrons. The van der Waals surface area contributed by atoms with Crippen molar-refractivity contribution in [2.45, 2.75) is 0 Å². The third-order valence-electron chi connectivity index (χ3n) is 2.84. The number of amides is 2. The molecule has 2 amide bonds. The van der Waals surface area contributed by atoms with Gasteiger partial charge >= 0.3 is 103 Å². The molecule has 0 atom stereocenters. The van der Waals surface area contributed by atoms with Gasteiger partial charge in [-0.25, -0.2) is 4.39 Å². The molecule has 2 aromatic rings. The van der Waals surface area contributed by atoms with Crippen LogP contribution in [0.4, 0.5) is 10.1 Å². The van der Waals surface area contributed by atoms with Crippen LogP contribution in [0, 0.1) is 28.5 Å². The number of nitriles is 2. The van der Waals surface area contributed by atoms with Gasteiger partial charge in [0.25, 0.3) is 6.47 Å². The van der Waals surface area contributed by atoms with Crippen LogP contribution >= 0.6 is 31.9 Å². The van der Waals surface area contributed by atoms with E-state index in [4.69, 9.17) is 32.0 Å².